The van der Waals surface area contributed by atoms with Gasteiger partial charge in [0, 0.05) is 5.71 Å². The summed E-state index contributed by atoms with van der Waals surface area (Å²) in [4.78, 5) is 4.79. The van der Waals surface area contributed by atoms with Crippen LogP contribution in [0.4, 0.5) is 0 Å². The Kier molecular flexibility index (Phi) is 8.42. The summed E-state index contributed by atoms with van der Waals surface area (Å²) in [5.41, 5.74) is 3.66. The zero-order valence-electron chi connectivity index (χ0n) is 19.8. The van der Waals surface area contributed by atoms with Crippen molar-refractivity contribution in [2.75, 3.05) is 0 Å². The topological polar surface area (TPSA) is 117 Å². The SMILES string of the molecule is C/C(CC/C(=N/NS(=O)(=O)c1ccc(C)cc1)c1ccccc1)=N\NS(=O)(=O)c1ccc(C)cc1. The largest absolute Gasteiger partial charge is 0.276 e. The van der Waals surface area contributed by atoms with E-state index in [1.165, 1.54) is 24.3 Å². The van der Waals surface area contributed by atoms with Crippen molar-refractivity contribution >= 4 is 31.5 Å². The third kappa shape index (κ3) is 7.49. The molecule has 0 unspecified atom stereocenters. The van der Waals surface area contributed by atoms with Gasteiger partial charge in [-0.2, -0.15) is 31.9 Å². The smallest absolute Gasteiger partial charge is 0.200 e. The van der Waals surface area contributed by atoms with Gasteiger partial charge < -0.3 is 0 Å². The lowest BCUT2D eigenvalue weighted by molar-refractivity contribution is 0.582. The second kappa shape index (κ2) is 11.3. The maximum atomic E-state index is 12.7. The molecule has 0 radical (unpaired) electrons. The average molecular weight is 513 g/mol. The van der Waals surface area contributed by atoms with Crippen LogP contribution < -0.4 is 9.66 Å². The summed E-state index contributed by atoms with van der Waals surface area (Å²) < 4.78 is 50.2. The number of benzene rings is 3. The quantitative estimate of drug-likeness (QED) is 0.314. The fraction of sp³-hybridized carbons (Fsp3) is 0.200. The van der Waals surface area contributed by atoms with E-state index in [0.29, 0.717) is 24.3 Å². The first-order valence-electron chi connectivity index (χ1n) is 10.9. The van der Waals surface area contributed by atoms with Crippen molar-refractivity contribution < 1.29 is 16.8 Å². The molecule has 0 spiro atoms. The minimum atomic E-state index is -3.84. The molecule has 0 aliphatic heterocycles. The van der Waals surface area contributed by atoms with Gasteiger partial charge in [0.05, 0.1) is 15.5 Å². The van der Waals surface area contributed by atoms with Gasteiger partial charge in [0.2, 0.25) is 0 Å². The van der Waals surface area contributed by atoms with Crippen molar-refractivity contribution in [3.8, 4) is 0 Å². The van der Waals surface area contributed by atoms with Crippen molar-refractivity contribution in [1.82, 2.24) is 9.66 Å². The molecule has 3 aromatic carbocycles. The Labute approximate surface area is 206 Å². The first-order valence-corrected chi connectivity index (χ1v) is 13.9. The molecule has 0 aliphatic rings. The minimum absolute atomic E-state index is 0.113. The van der Waals surface area contributed by atoms with Crippen molar-refractivity contribution in [2.24, 2.45) is 10.2 Å². The Morgan fingerprint density at radius 3 is 1.60 bits per heavy atom. The second-order valence-electron chi connectivity index (χ2n) is 8.09. The molecule has 0 saturated carbocycles. The van der Waals surface area contributed by atoms with Crippen LogP contribution >= 0.6 is 0 Å². The molecule has 0 heterocycles. The van der Waals surface area contributed by atoms with E-state index in [-0.39, 0.29) is 9.79 Å². The summed E-state index contributed by atoms with van der Waals surface area (Å²) in [6.45, 7) is 5.44. The molecule has 0 aliphatic carbocycles. The maximum Gasteiger partial charge on any atom is 0.276 e. The molecule has 2 N–H and O–H groups in total. The van der Waals surface area contributed by atoms with Crippen LogP contribution in [-0.4, -0.2) is 28.3 Å². The second-order valence-corrected chi connectivity index (χ2v) is 11.4. The molecular weight excluding hydrogens is 484 g/mol. The Hall–Kier alpha value is -3.50. The molecule has 0 atom stereocenters. The zero-order chi connectivity index (χ0) is 25.5. The van der Waals surface area contributed by atoms with E-state index in [1.807, 2.05) is 44.2 Å². The first-order chi connectivity index (χ1) is 16.6. The predicted octanol–water partition coefficient (Wildman–Crippen LogP) is 4.12. The van der Waals surface area contributed by atoms with Crippen molar-refractivity contribution in [3.63, 3.8) is 0 Å². The number of nitrogens with zero attached hydrogens (tertiary/aromatic N) is 2. The van der Waals surface area contributed by atoms with E-state index in [1.54, 1.807) is 31.2 Å². The lowest BCUT2D eigenvalue weighted by atomic mass is 10.0. The molecule has 0 bridgehead atoms. The number of hydrazone groups is 2. The van der Waals surface area contributed by atoms with Gasteiger partial charge in [-0.05, 0) is 63.4 Å². The molecule has 0 saturated heterocycles. The third-order valence-corrected chi connectivity index (χ3v) is 7.60. The van der Waals surface area contributed by atoms with Crippen molar-refractivity contribution in [3.05, 3.63) is 95.6 Å². The fourth-order valence-corrected chi connectivity index (χ4v) is 4.75. The van der Waals surface area contributed by atoms with Crippen LogP contribution in [0, 0.1) is 13.8 Å². The van der Waals surface area contributed by atoms with Gasteiger partial charge in [0.25, 0.3) is 20.0 Å². The summed E-state index contributed by atoms with van der Waals surface area (Å²) in [5.74, 6) is 0. The number of rotatable bonds is 10. The number of sulfonamides is 2. The van der Waals surface area contributed by atoms with Gasteiger partial charge in [-0.15, -0.1) is 0 Å². The molecule has 35 heavy (non-hydrogen) atoms. The monoisotopic (exact) mass is 512 g/mol. The maximum absolute atomic E-state index is 12.7. The molecule has 0 amide bonds. The molecule has 8 nitrogen and oxygen atoms in total. The number of aryl methyl sites for hydroxylation is 2. The van der Waals surface area contributed by atoms with E-state index >= 15 is 0 Å². The van der Waals surface area contributed by atoms with Crippen LogP contribution in [0.5, 0.6) is 0 Å². The summed E-state index contributed by atoms with van der Waals surface area (Å²) in [6.07, 6.45) is 0.693. The van der Waals surface area contributed by atoms with Gasteiger partial charge in [0.1, 0.15) is 0 Å². The highest BCUT2D eigenvalue weighted by molar-refractivity contribution is 7.89. The highest BCUT2D eigenvalue weighted by Gasteiger charge is 2.15. The van der Waals surface area contributed by atoms with Crippen molar-refractivity contribution in [1.29, 1.82) is 0 Å². The summed E-state index contributed by atoms with van der Waals surface area (Å²) in [6, 6.07) is 22.1. The highest BCUT2D eigenvalue weighted by atomic mass is 32.2. The van der Waals surface area contributed by atoms with Gasteiger partial charge >= 0.3 is 0 Å². The lowest BCUT2D eigenvalue weighted by Crippen LogP contribution is -2.21. The molecule has 10 heteroatoms. The van der Waals surface area contributed by atoms with Crippen LogP contribution in [0.25, 0.3) is 0 Å². The van der Waals surface area contributed by atoms with Gasteiger partial charge in [0.15, 0.2) is 0 Å². The van der Waals surface area contributed by atoms with E-state index < -0.39 is 20.0 Å². The van der Waals surface area contributed by atoms with Crippen LogP contribution in [-0.2, 0) is 20.0 Å². The van der Waals surface area contributed by atoms with E-state index in [4.69, 9.17) is 0 Å². The molecule has 3 aromatic rings. The lowest BCUT2D eigenvalue weighted by Gasteiger charge is -2.10. The first kappa shape index (κ1) is 26.1. The predicted molar refractivity (Wildman–Crippen MR) is 138 cm³/mol. The summed E-state index contributed by atoms with van der Waals surface area (Å²) >= 11 is 0. The van der Waals surface area contributed by atoms with Gasteiger partial charge in [-0.3, -0.25) is 0 Å². The molecule has 184 valence electrons. The number of hydrogen-bond donors (Lipinski definition) is 2. The Balaban J connectivity index is 1.74. The standard InChI is InChI=1S/C25H28N4O4S2/c1-19-9-14-23(15-10-19)34(30,31)28-26-21(3)13-18-25(22-7-5-4-6-8-22)27-29-35(32,33)24-16-11-20(2)12-17-24/h4-12,14-17,28-29H,13,18H2,1-3H3/b26-21+,27-25-. The normalized spacial score (nSPS) is 12.9. The van der Waals surface area contributed by atoms with Crippen LogP contribution in [0.15, 0.2) is 98.9 Å². The van der Waals surface area contributed by atoms with E-state index in [0.717, 1.165) is 16.7 Å². The van der Waals surface area contributed by atoms with Crippen LogP contribution in [0.1, 0.15) is 36.5 Å². The average Bonchev–Trinajstić information content (AvgIpc) is 2.84. The molecule has 3 rings (SSSR count). The molecular formula is C25H28N4O4S2. The Morgan fingerprint density at radius 1 is 0.657 bits per heavy atom. The third-order valence-electron chi connectivity index (χ3n) is 5.15. The van der Waals surface area contributed by atoms with E-state index in [9.17, 15) is 16.8 Å². The van der Waals surface area contributed by atoms with Crippen LogP contribution in [0.3, 0.4) is 0 Å². The fourth-order valence-electron chi connectivity index (χ4n) is 3.04. The minimum Gasteiger partial charge on any atom is -0.200 e. The summed E-state index contributed by atoms with van der Waals surface area (Å²) in [7, 11) is -7.63. The number of hydrogen-bond acceptors (Lipinski definition) is 6. The van der Waals surface area contributed by atoms with Crippen LogP contribution in [0.2, 0.25) is 0 Å². The molecule has 0 aromatic heterocycles. The van der Waals surface area contributed by atoms with E-state index in [2.05, 4.69) is 19.9 Å². The summed E-state index contributed by atoms with van der Waals surface area (Å²) in [5, 5.41) is 8.20. The van der Waals surface area contributed by atoms with Gasteiger partial charge in [-0.1, -0.05) is 65.7 Å². The Morgan fingerprint density at radius 2 is 1.11 bits per heavy atom. The van der Waals surface area contributed by atoms with Crippen molar-refractivity contribution in [2.45, 2.75) is 43.4 Å². The zero-order valence-corrected chi connectivity index (χ0v) is 21.4. The number of nitrogens with one attached hydrogen (secondary N) is 2. The highest BCUT2D eigenvalue weighted by Crippen LogP contribution is 2.13. The van der Waals surface area contributed by atoms with Gasteiger partial charge in [-0.25, -0.2) is 4.83 Å². The molecule has 0 fully saturated rings. The Bertz CT molecular complexity index is 1420.